The highest BCUT2D eigenvalue weighted by Crippen LogP contribution is 1.97. The largest absolute Gasteiger partial charge is 0.327 e. The highest BCUT2D eigenvalue weighted by molar-refractivity contribution is 4.71. The van der Waals surface area contributed by atoms with E-state index in [2.05, 4.69) is 19.0 Å². The molecule has 0 aromatic heterocycles. The van der Waals surface area contributed by atoms with Crippen LogP contribution in [0.5, 0.6) is 0 Å². The molecule has 2 atom stereocenters. The summed E-state index contributed by atoms with van der Waals surface area (Å²) in [5, 5.41) is 0. The van der Waals surface area contributed by atoms with E-state index < -0.39 is 0 Å². The fourth-order valence-electron chi connectivity index (χ4n) is 0.906. The van der Waals surface area contributed by atoms with Crippen LogP contribution in [0.2, 0.25) is 0 Å². The summed E-state index contributed by atoms with van der Waals surface area (Å²) in [4.78, 5) is 2.16. The van der Waals surface area contributed by atoms with Crippen molar-refractivity contribution in [2.24, 2.45) is 11.5 Å². The van der Waals surface area contributed by atoms with Crippen molar-refractivity contribution in [1.82, 2.24) is 4.90 Å². The monoisotopic (exact) mass is 159 g/mol. The maximum atomic E-state index is 5.76. The van der Waals surface area contributed by atoms with Crippen LogP contribution in [0, 0.1) is 0 Å². The summed E-state index contributed by atoms with van der Waals surface area (Å²) in [6.07, 6.45) is 2.16. The highest BCUT2D eigenvalue weighted by atomic mass is 15.0. The lowest BCUT2D eigenvalue weighted by Crippen LogP contribution is -2.39. The molecular formula is C8H21N3. The smallest absolute Gasteiger partial charge is 0.0190 e. The minimum atomic E-state index is 0.122. The molecule has 0 saturated carbocycles. The molecule has 0 fully saturated rings. The lowest BCUT2D eigenvalue weighted by molar-refractivity contribution is 0.377. The van der Waals surface area contributed by atoms with E-state index in [0.29, 0.717) is 0 Å². The van der Waals surface area contributed by atoms with Gasteiger partial charge in [0, 0.05) is 12.1 Å². The van der Waals surface area contributed by atoms with E-state index in [9.17, 15) is 0 Å². The first kappa shape index (κ1) is 10.9. The average molecular weight is 159 g/mol. The van der Waals surface area contributed by atoms with Gasteiger partial charge in [-0.3, -0.25) is 0 Å². The van der Waals surface area contributed by atoms with E-state index in [4.69, 9.17) is 11.5 Å². The van der Waals surface area contributed by atoms with Gasteiger partial charge in [-0.15, -0.1) is 0 Å². The van der Waals surface area contributed by atoms with Gasteiger partial charge in [-0.25, -0.2) is 0 Å². The van der Waals surface area contributed by atoms with Crippen LogP contribution < -0.4 is 11.5 Å². The van der Waals surface area contributed by atoms with Crippen LogP contribution in [0.15, 0.2) is 0 Å². The Morgan fingerprint density at radius 2 is 1.82 bits per heavy atom. The molecule has 0 radical (unpaired) electrons. The maximum absolute atomic E-state index is 5.76. The Morgan fingerprint density at radius 1 is 1.27 bits per heavy atom. The molecule has 2 unspecified atom stereocenters. The number of hydrogen-bond acceptors (Lipinski definition) is 3. The van der Waals surface area contributed by atoms with Gasteiger partial charge in [0.25, 0.3) is 0 Å². The Morgan fingerprint density at radius 3 is 2.18 bits per heavy atom. The van der Waals surface area contributed by atoms with Gasteiger partial charge >= 0.3 is 0 Å². The zero-order valence-corrected chi connectivity index (χ0v) is 7.88. The molecule has 0 rings (SSSR count). The SMILES string of the molecule is CC(N)C(N)CCCN(C)C. The average Bonchev–Trinajstić information content (AvgIpc) is 1.86. The molecular weight excluding hydrogens is 138 g/mol. The molecule has 0 heterocycles. The van der Waals surface area contributed by atoms with Gasteiger partial charge < -0.3 is 16.4 Å². The van der Waals surface area contributed by atoms with Gasteiger partial charge in [0.1, 0.15) is 0 Å². The first-order chi connectivity index (χ1) is 5.04. The minimum absolute atomic E-state index is 0.122. The summed E-state index contributed by atoms with van der Waals surface area (Å²) in [7, 11) is 4.13. The Kier molecular flexibility index (Phi) is 5.46. The number of rotatable bonds is 5. The summed E-state index contributed by atoms with van der Waals surface area (Å²) >= 11 is 0. The summed E-state index contributed by atoms with van der Waals surface area (Å²) in [6, 6.07) is 0.284. The van der Waals surface area contributed by atoms with Gasteiger partial charge in [-0.2, -0.15) is 0 Å². The van der Waals surface area contributed by atoms with Crippen LogP contribution in [-0.4, -0.2) is 37.6 Å². The lowest BCUT2D eigenvalue weighted by Gasteiger charge is -2.16. The normalized spacial score (nSPS) is 16.9. The molecule has 0 aromatic carbocycles. The molecule has 3 heteroatoms. The Labute approximate surface area is 69.7 Å². The van der Waals surface area contributed by atoms with E-state index in [0.717, 1.165) is 19.4 Å². The predicted molar refractivity (Wildman–Crippen MR) is 49.4 cm³/mol. The number of nitrogens with zero attached hydrogens (tertiary/aromatic N) is 1. The summed E-state index contributed by atoms with van der Waals surface area (Å²) in [5.74, 6) is 0. The Balaban J connectivity index is 3.24. The van der Waals surface area contributed by atoms with Crippen LogP contribution in [0.1, 0.15) is 19.8 Å². The van der Waals surface area contributed by atoms with Crippen LogP contribution in [-0.2, 0) is 0 Å². The molecule has 0 amide bonds. The second kappa shape index (κ2) is 5.52. The topological polar surface area (TPSA) is 55.3 Å². The van der Waals surface area contributed by atoms with E-state index in [-0.39, 0.29) is 12.1 Å². The van der Waals surface area contributed by atoms with Crippen LogP contribution in [0.4, 0.5) is 0 Å². The molecule has 0 aliphatic rings. The molecule has 68 valence electrons. The van der Waals surface area contributed by atoms with Crippen molar-refractivity contribution in [3.05, 3.63) is 0 Å². The van der Waals surface area contributed by atoms with Gasteiger partial charge in [-0.1, -0.05) is 0 Å². The van der Waals surface area contributed by atoms with Gasteiger partial charge in [0.2, 0.25) is 0 Å². The van der Waals surface area contributed by atoms with Crippen molar-refractivity contribution in [3.8, 4) is 0 Å². The molecule has 0 spiro atoms. The van der Waals surface area contributed by atoms with Crippen molar-refractivity contribution in [3.63, 3.8) is 0 Å². The summed E-state index contributed by atoms with van der Waals surface area (Å²) in [6.45, 7) is 3.06. The van der Waals surface area contributed by atoms with Crippen molar-refractivity contribution in [2.75, 3.05) is 20.6 Å². The molecule has 4 N–H and O–H groups in total. The first-order valence-electron chi connectivity index (χ1n) is 4.20. The third kappa shape index (κ3) is 6.28. The van der Waals surface area contributed by atoms with Gasteiger partial charge in [-0.05, 0) is 40.4 Å². The molecule has 11 heavy (non-hydrogen) atoms. The van der Waals surface area contributed by atoms with Crippen molar-refractivity contribution in [2.45, 2.75) is 31.8 Å². The molecule has 0 aromatic rings. The first-order valence-corrected chi connectivity index (χ1v) is 4.20. The summed E-state index contributed by atoms with van der Waals surface area (Å²) < 4.78 is 0. The van der Waals surface area contributed by atoms with E-state index in [1.807, 2.05) is 6.92 Å². The third-order valence-corrected chi connectivity index (χ3v) is 1.82. The molecule has 3 nitrogen and oxygen atoms in total. The van der Waals surface area contributed by atoms with E-state index in [1.54, 1.807) is 0 Å². The fraction of sp³-hybridized carbons (Fsp3) is 1.00. The standard InChI is InChI=1S/C8H21N3/c1-7(9)8(10)5-4-6-11(2)3/h7-8H,4-6,9-10H2,1-3H3. The van der Waals surface area contributed by atoms with Crippen LogP contribution >= 0.6 is 0 Å². The minimum Gasteiger partial charge on any atom is -0.327 e. The number of nitrogens with two attached hydrogens (primary N) is 2. The maximum Gasteiger partial charge on any atom is 0.0190 e. The quantitative estimate of drug-likeness (QED) is 0.594. The van der Waals surface area contributed by atoms with Crippen molar-refractivity contribution >= 4 is 0 Å². The predicted octanol–water partition coefficient (Wildman–Crippen LogP) is 0.00270. The van der Waals surface area contributed by atoms with Crippen LogP contribution in [0.25, 0.3) is 0 Å². The number of hydrogen-bond donors (Lipinski definition) is 2. The molecule has 0 saturated heterocycles. The van der Waals surface area contributed by atoms with Crippen LogP contribution in [0.3, 0.4) is 0 Å². The highest BCUT2D eigenvalue weighted by Gasteiger charge is 2.06. The summed E-state index contributed by atoms with van der Waals surface area (Å²) in [5.41, 5.74) is 11.4. The lowest BCUT2D eigenvalue weighted by atomic mass is 10.1. The zero-order valence-electron chi connectivity index (χ0n) is 7.88. The Bertz CT molecular complexity index is 91.3. The second-order valence-electron chi connectivity index (χ2n) is 3.47. The van der Waals surface area contributed by atoms with Crippen molar-refractivity contribution in [1.29, 1.82) is 0 Å². The van der Waals surface area contributed by atoms with Crippen molar-refractivity contribution < 1.29 is 0 Å². The zero-order chi connectivity index (χ0) is 8.85. The fourth-order valence-corrected chi connectivity index (χ4v) is 0.906. The Hall–Kier alpha value is -0.120. The third-order valence-electron chi connectivity index (χ3n) is 1.82. The van der Waals surface area contributed by atoms with Gasteiger partial charge in [0.15, 0.2) is 0 Å². The molecule has 0 bridgehead atoms. The second-order valence-corrected chi connectivity index (χ2v) is 3.47. The van der Waals surface area contributed by atoms with Gasteiger partial charge in [0.05, 0.1) is 0 Å². The molecule has 0 aliphatic heterocycles. The van der Waals surface area contributed by atoms with E-state index in [1.165, 1.54) is 0 Å². The molecule has 0 aliphatic carbocycles. The van der Waals surface area contributed by atoms with E-state index >= 15 is 0 Å².